The van der Waals surface area contributed by atoms with Gasteiger partial charge in [0.05, 0.1) is 18.8 Å². The number of aromatic carboxylic acids is 1. The van der Waals surface area contributed by atoms with Gasteiger partial charge in [-0.15, -0.1) is 0 Å². The highest BCUT2D eigenvalue weighted by atomic mass is 79.9. The molecular formula is C12H14BrNO3. The largest absolute Gasteiger partial charge is 0.478 e. The Labute approximate surface area is 108 Å². The molecule has 0 spiro atoms. The standard InChI is InChI=1S/C12H14BrNO3/c1-8-7-17-3-2-14(8)11-5-9(12(15)16)4-10(13)6-11/h4-6,8H,2-3,7H2,1H3,(H,15,16). The van der Waals surface area contributed by atoms with Crippen LogP contribution in [0.3, 0.4) is 0 Å². The number of halogens is 1. The van der Waals surface area contributed by atoms with Crippen molar-refractivity contribution >= 4 is 27.6 Å². The molecule has 92 valence electrons. The van der Waals surface area contributed by atoms with Crippen molar-refractivity contribution in [2.24, 2.45) is 0 Å². The van der Waals surface area contributed by atoms with E-state index in [1.165, 1.54) is 0 Å². The summed E-state index contributed by atoms with van der Waals surface area (Å²) in [5.74, 6) is -0.909. The van der Waals surface area contributed by atoms with E-state index < -0.39 is 5.97 Å². The van der Waals surface area contributed by atoms with E-state index in [2.05, 4.69) is 27.8 Å². The van der Waals surface area contributed by atoms with Crippen molar-refractivity contribution in [1.82, 2.24) is 0 Å². The fourth-order valence-electron chi connectivity index (χ4n) is 1.97. The summed E-state index contributed by atoms with van der Waals surface area (Å²) in [6.07, 6.45) is 0. The molecule has 4 nitrogen and oxygen atoms in total. The Hall–Kier alpha value is -1.07. The van der Waals surface area contributed by atoms with E-state index in [-0.39, 0.29) is 6.04 Å². The minimum absolute atomic E-state index is 0.264. The van der Waals surface area contributed by atoms with Crippen LogP contribution < -0.4 is 4.90 Å². The number of carboxylic acid groups (broad SMARTS) is 1. The smallest absolute Gasteiger partial charge is 0.335 e. The number of nitrogens with zero attached hydrogens (tertiary/aromatic N) is 1. The Kier molecular flexibility index (Phi) is 3.69. The molecule has 1 aromatic rings. The lowest BCUT2D eigenvalue weighted by molar-refractivity contribution is 0.0696. The van der Waals surface area contributed by atoms with Gasteiger partial charge in [0, 0.05) is 22.7 Å². The van der Waals surface area contributed by atoms with Crippen molar-refractivity contribution < 1.29 is 14.6 Å². The zero-order valence-corrected chi connectivity index (χ0v) is 11.1. The van der Waals surface area contributed by atoms with Gasteiger partial charge in [0.15, 0.2) is 0 Å². The van der Waals surface area contributed by atoms with Crippen LogP contribution in [0.4, 0.5) is 5.69 Å². The first-order valence-corrected chi connectivity index (χ1v) is 6.25. The molecule has 1 fully saturated rings. The van der Waals surface area contributed by atoms with Crippen molar-refractivity contribution in [2.45, 2.75) is 13.0 Å². The lowest BCUT2D eigenvalue weighted by atomic mass is 10.1. The minimum Gasteiger partial charge on any atom is -0.478 e. The third-order valence-corrected chi connectivity index (χ3v) is 3.29. The molecule has 1 heterocycles. The summed E-state index contributed by atoms with van der Waals surface area (Å²) in [6, 6.07) is 5.51. The monoisotopic (exact) mass is 299 g/mol. The van der Waals surface area contributed by atoms with Gasteiger partial charge in [-0.2, -0.15) is 0 Å². The molecule has 1 aliphatic heterocycles. The van der Waals surface area contributed by atoms with Crippen molar-refractivity contribution in [3.8, 4) is 0 Å². The highest BCUT2D eigenvalue weighted by molar-refractivity contribution is 9.10. The third-order valence-electron chi connectivity index (χ3n) is 2.83. The van der Waals surface area contributed by atoms with Crippen LogP contribution in [-0.2, 0) is 4.74 Å². The highest BCUT2D eigenvalue weighted by Crippen LogP contribution is 2.25. The van der Waals surface area contributed by atoms with Crippen molar-refractivity contribution in [3.63, 3.8) is 0 Å². The van der Waals surface area contributed by atoms with E-state index >= 15 is 0 Å². The summed E-state index contributed by atoms with van der Waals surface area (Å²) in [6.45, 7) is 4.21. The molecule has 0 aliphatic carbocycles. The van der Waals surface area contributed by atoms with Gasteiger partial charge in [-0.1, -0.05) is 15.9 Å². The lowest BCUT2D eigenvalue weighted by Crippen LogP contribution is -2.43. The van der Waals surface area contributed by atoms with Gasteiger partial charge in [0.1, 0.15) is 0 Å². The number of carboxylic acids is 1. The van der Waals surface area contributed by atoms with Gasteiger partial charge < -0.3 is 14.7 Å². The van der Waals surface area contributed by atoms with Crippen LogP contribution in [0.5, 0.6) is 0 Å². The Bertz CT molecular complexity index is 436. The van der Waals surface area contributed by atoms with Crippen LogP contribution in [0.2, 0.25) is 0 Å². The zero-order valence-electron chi connectivity index (χ0n) is 9.52. The Morgan fingerprint density at radius 1 is 1.53 bits per heavy atom. The van der Waals surface area contributed by atoms with Crippen LogP contribution in [0.15, 0.2) is 22.7 Å². The number of ether oxygens (including phenoxy) is 1. The van der Waals surface area contributed by atoms with Gasteiger partial charge in [-0.05, 0) is 25.1 Å². The lowest BCUT2D eigenvalue weighted by Gasteiger charge is -2.35. The van der Waals surface area contributed by atoms with E-state index in [0.717, 1.165) is 16.7 Å². The molecule has 0 radical (unpaired) electrons. The Morgan fingerprint density at radius 2 is 2.29 bits per heavy atom. The van der Waals surface area contributed by atoms with Crippen molar-refractivity contribution in [2.75, 3.05) is 24.7 Å². The predicted molar refractivity (Wildman–Crippen MR) is 68.7 cm³/mol. The topological polar surface area (TPSA) is 49.8 Å². The van der Waals surface area contributed by atoms with Crippen molar-refractivity contribution in [3.05, 3.63) is 28.2 Å². The fourth-order valence-corrected chi connectivity index (χ4v) is 2.46. The molecule has 1 aliphatic rings. The van der Waals surface area contributed by atoms with Crippen molar-refractivity contribution in [1.29, 1.82) is 0 Å². The maximum Gasteiger partial charge on any atom is 0.335 e. The first-order valence-electron chi connectivity index (χ1n) is 5.46. The molecule has 1 saturated heterocycles. The highest BCUT2D eigenvalue weighted by Gasteiger charge is 2.20. The number of morpholine rings is 1. The molecule has 0 bridgehead atoms. The van der Waals surface area contributed by atoms with E-state index in [1.807, 2.05) is 6.07 Å². The maximum absolute atomic E-state index is 11.0. The van der Waals surface area contributed by atoms with Gasteiger partial charge in [-0.25, -0.2) is 4.79 Å². The molecule has 0 amide bonds. The van der Waals surface area contributed by atoms with Gasteiger partial charge in [0.2, 0.25) is 0 Å². The van der Waals surface area contributed by atoms with Gasteiger partial charge >= 0.3 is 5.97 Å². The van der Waals surface area contributed by atoms with Crippen LogP contribution >= 0.6 is 15.9 Å². The van der Waals surface area contributed by atoms with Gasteiger partial charge in [0.25, 0.3) is 0 Å². The van der Waals surface area contributed by atoms with E-state index in [1.54, 1.807) is 12.1 Å². The number of hydrogen-bond acceptors (Lipinski definition) is 3. The average molecular weight is 300 g/mol. The molecule has 2 rings (SSSR count). The van der Waals surface area contributed by atoms with Crippen LogP contribution in [0.25, 0.3) is 0 Å². The van der Waals surface area contributed by atoms with Crippen LogP contribution in [0, 0.1) is 0 Å². The summed E-state index contributed by atoms with van der Waals surface area (Å²) in [5.41, 5.74) is 1.22. The van der Waals surface area contributed by atoms with Crippen LogP contribution in [0.1, 0.15) is 17.3 Å². The van der Waals surface area contributed by atoms with Crippen LogP contribution in [-0.4, -0.2) is 36.9 Å². The Morgan fingerprint density at radius 3 is 2.94 bits per heavy atom. The molecule has 0 aromatic heterocycles. The molecule has 5 heteroatoms. The minimum atomic E-state index is -0.909. The fraction of sp³-hybridized carbons (Fsp3) is 0.417. The molecule has 17 heavy (non-hydrogen) atoms. The number of anilines is 1. The summed E-state index contributed by atoms with van der Waals surface area (Å²) in [7, 11) is 0. The molecular weight excluding hydrogens is 286 g/mol. The average Bonchev–Trinajstić information content (AvgIpc) is 2.28. The second-order valence-electron chi connectivity index (χ2n) is 4.12. The predicted octanol–water partition coefficient (Wildman–Crippen LogP) is 2.37. The van der Waals surface area contributed by atoms with E-state index in [0.29, 0.717) is 18.8 Å². The second kappa shape index (κ2) is 5.06. The molecule has 1 N–H and O–H groups in total. The normalized spacial score (nSPS) is 20.4. The second-order valence-corrected chi connectivity index (χ2v) is 5.04. The number of benzene rings is 1. The molecule has 0 saturated carbocycles. The first-order chi connectivity index (χ1) is 8.08. The summed E-state index contributed by atoms with van der Waals surface area (Å²) >= 11 is 3.35. The maximum atomic E-state index is 11.0. The third kappa shape index (κ3) is 2.79. The summed E-state index contributed by atoms with van der Waals surface area (Å²) < 4.78 is 6.16. The molecule has 1 unspecified atom stereocenters. The summed E-state index contributed by atoms with van der Waals surface area (Å²) in [4.78, 5) is 13.2. The number of hydrogen-bond donors (Lipinski definition) is 1. The zero-order chi connectivity index (χ0) is 12.4. The van der Waals surface area contributed by atoms with E-state index in [9.17, 15) is 4.79 Å². The number of carbonyl (C=O) groups is 1. The summed E-state index contributed by atoms with van der Waals surface area (Å²) in [5, 5.41) is 9.03. The van der Waals surface area contributed by atoms with E-state index in [4.69, 9.17) is 9.84 Å². The van der Waals surface area contributed by atoms with Gasteiger partial charge in [-0.3, -0.25) is 0 Å². The SMILES string of the molecule is CC1COCCN1c1cc(Br)cc(C(=O)O)c1. The quantitative estimate of drug-likeness (QED) is 0.911. The molecule has 1 atom stereocenters. The first kappa shape index (κ1) is 12.4. The number of rotatable bonds is 2. The Balaban J connectivity index is 2.33. The molecule has 1 aromatic carbocycles.